The van der Waals surface area contributed by atoms with Crippen molar-refractivity contribution in [3.8, 4) is 0 Å². The third-order valence-corrected chi connectivity index (χ3v) is 3.61. The number of halogens is 1. The smallest absolute Gasteiger partial charge is 0.196 e. The first-order chi connectivity index (χ1) is 10.8. The first-order valence-electron chi connectivity index (χ1n) is 6.95. The zero-order valence-corrected chi connectivity index (χ0v) is 12.9. The van der Waals surface area contributed by atoms with Crippen molar-refractivity contribution in [2.75, 3.05) is 7.11 Å². The third kappa shape index (κ3) is 3.10. The summed E-state index contributed by atoms with van der Waals surface area (Å²) in [6, 6.07) is 15.7. The number of nitrogens with one attached hydrogen (secondary N) is 1. The Balaban J connectivity index is 1.86. The number of ether oxygens (including phenoxy) is 2. The van der Waals surface area contributed by atoms with Crippen molar-refractivity contribution in [2.45, 2.75) is 6.23 Å². The maximum Gasteiger partial charge on any atom is 0.196 e. The van der Waals surface area contributed by atoms with Crippen molar-refractivity contribution < 1.29 is 9.47 Å². The fourth-order valence-corrected chi connectivity index (χ4v) is 2.48. The van der Waals surface area contributed by atoms with E-state index in [9.17, 15) is 0 Å². The van der Waals surface area contributed by atoms with Gasteiger partial charge < -0.3 is 14.8 Å². The summed E-state index contributed by atoms with van der Waals surface area (Å²) in [4.78, 5) is 0. The van der Waals surface area contributed by atoms with E-state index in [1.807, 2.05) is 60.8 Å². The van der Waals surface area contributed by atoms with Crippen LogP contribution in [0, 0.1) is 0 Å². The van der Waals surface area contributed by atoms with Gasteiger partial charge in [0, 0.05) is 22.3 Å². The highest BCUT2D eigenvalue weighted by Crippen LogP contribution is 2.32. The van der Waals surface area contributed by atoms with E-state index in [4.69, 9.17) is 21.1 Å². The summed E-state index contributed by atoms with van der Waals surface area (Å²) in [7, 11) is 1.62. The Morgan fingerprint density at radius 2 is 2.00 bits per heavy atom. The third-order valence-electron chi connectivity index (χ3n) is 3.38. The summed E-state index contributed by atoms with van der Waals surface area (Å²) in [5, 5.41) is 3.91. The van der Waals surface area contributed by atoms with Crippen LogP contribution in [0.25, 0.3) is 11.8 Å². The molecule has 0 radical (unpaired) electrons. The molecule has 0 spiro atoms. The van der Waals surface area contributed by atoms with E-state index >= 15 is 0 Å². The fraction of sp³-hybridized carbons (Fsp3) is 0.111. The molecule has 1 heterocycles. The molecular weight excluding hydrogens is 298 g/mol. The molecule has 0 aromatic heterocycles. The monoisotopic (exact) mass is 313 g/mol. The molecule has 1 atom stereocenters. The summed E-state index contributed by atoms with van der Waals surface area (Å²) < 4.78 is 11.0. The van der Waals surface area contributed by atoms with Crippen LogP contribution in [0.2, 0.25) is 5.02 Å². The number of hydrogen-bond donors (Lipinski definition) is 1. The average Bonchev–Trinajstić information content (AvgIpc) is 3.04. The van der Waals surface area contributed by atoms with Gasteiger partial charge in [-0.2, -0.15) is 0 Å². The van der Waals surface area contributed by atoms with Crippen LogP contribution in [-0.2, 0) is 9.47 Å². The molecule has 1 unspecified atom stereocenters. The SMILES string of the molecule is CO/C=C/c1ccc(Cl)cc1C1=CNC(c2ccccc2)O1. The van der Waals surface area contributed by atoms with Crippen LogP contribution < -0.4 is 5.32 Å². The van der Waals surface area contributed by atoms with Gasteiger partial charge in [0.05, 0.1) is 13.4 Å². The highest BCUT2D eigenvalue weighted by Gasteiger charge is 2.21. The van der Waals surface area contributed by atoms with Crippen molar-refractivity contribution >= 4 is 23.4 Å². The number of hydrogen-bond acceptors (Lipinski definition) is 3. The second kappa shape index (κ2) is 6.58. The lowest BCUT2D eigenvalue weighted by atomic mass is 10.1. The van der Waals surface area contributed by atoms with E-state index in [2.05, 4.69) is 5.32 Å². The lowest BCUT2D eigenvalue weighted by Crippen LogP contribution is -2.11. The topological polar surface area (TPSA) is 30.5 Å². The second-order valence-corrected chi connectivity index (χ2v) is 5.29. The molecule has 0 saturated heterocycles. The van der Waals surface area contributed by atoms with Gasteiger partial charge in [0.25, 0.3) is 0 Å². The molecule has 0 fully saturated rings. The van der Waals surface area contributed by atoms with Crippen LogP contribution in [0.3, 0.4) is 0 Å². The van der Waals surface area contributed by atoms with Crippen LogP contribution in [0.5, 0.6) is 0 Å². The Bertz CT molecular complexity index is 710. The Morgan fingerprint density at radius 3 is 2.77 bits per heavy atom. The zero-order chi connectivity index (χ0) is 15.4. The molecule has 2 aromatic carbocycles. The van der Waals surface area contributed by atoms with Gasteiger partial charge >= 0.3 is 0 Å². The van der Waals surface area contributed by atoms with Gasteiger partial charge in [0.2, 0.25) is 0 Å². The van der Waals surface area contributed by atoms with Crippen LogP contribution in [0.4, 0.5) is 0 Å². The first kappa shape index (κ1) is 14.5. The summed E-state index contributed by atoms with van der Waals surface area (Å²) in [5.74, 6) is 0.757. The van der Waals surface area contributed by atoms with E-state index in [1.165, 1.54) is 0 Å². The van der Waals surface area contributed by atoms with Gasteiger partial charge in [0.15, 0.2) is 6.23 Å². The quantitative estimate of drug-likeness (QED) is 0.838. The van der Waals surface area contributed by atoms with Gasteiger partial charge in [-0.3, -0.25) is 0 Å². The number of rotatable bonds is 4. The Hall–Kier alpha value is -2.39. The van der Waals surface area contributed by atoms with Crippen molar-refractivity contribution in [3.63, 3.8) is 0 Å². The van der Waals surface area contributed by atoms with Crippen LogP contribution in [0.15, 0.2) is 61.0 Å². The lowest BCUT2D eigenvalue weighted by Gasteiger charge is -2.14. The Kier molecular flexibility index (Phi) is 4.35. The van der Waals surface area contributed by atoms with Gasteiger partial charge in [0.1, 0.15) is 5.76 Å². The molecular formula is C18H16ClNO2. The van der Waals surface area contributed by atoms with E-state index in [1.54, 1.807) is 13.4 Å². The van der Waals surface area contributed by atoms with Crippen molar-refractivity contribution in [3.05, 3.63) is 82.7 Å². The molecule has 3 nitrogen and oxygen atoms in total. The number of benzene rings is 2. The minimum atomic E-state index is -0.186. The van der Waals surface area contributed by atoms with Crippen molar-refractivity contribution in [1.82, 2.24) is 5.32 Å². The molecule has 0 bridgehead atoms. The summed E-state index contributed by atoms with van der Waals surface area (Å²) in [5.41, 5.74) is 2.98. The van der Waals surface area contributed by atoms with Crippen molar-refractivity contribution in [1.29, 1.82) is 0 Å². The van der Waals surface area contributed by atoms with Gasteiger partial charge in [-0.1, -0.05) is 48.0 Å². The molecule has 1 N–H and O–H groups in total. The van der Waals surface area contributed by atoms with Crippen LogP contribution in [-0.4, -0.2) is 7.11 Å². The van der Waals surface area contributed by atoms with Crippen LogP contribution >= 0.6 is 11.6 Å². The van der Waals surface area contributed by atoms with E-state index in [0.717, 1.165) is 22.4 Å². The molecule has 3 rings (SSSR count). The summed E-state index contributed by atoms with van der Waals surface area (Å²) >= 11 is 6.12. The Labute approximate surface area is 134 Å². The molecule has 0 saturated carbocycles. The van der Waals surface area contributed by atoms with Crippen LogP contribution in [0.1, 0.15) is 22.9 Å². The normalized spacial score (nSPS) is 17.0. The molecule has 1 aliphatic heterocycles. The van der Waals surface area contributed by atoms with Gasteiger partial charge in [-0.15, -0.1) is 0 Å². The molecule has 2 aromatic rings. The van der Waals surface area contributed by atoms with Gasteiger partial charge in [-0.25, -0.2) is 0 Å². The summed E-state index contributed by atoms with van der Waals surface area (Å²) in [6.07, 6.45) is 5.19. The zero-order valence-electron chi connectivity index (χ0n) is 12.1. The largest absolute Gasteiger partial charge is 0.504 e. The molecule has 1 aliphatic rings. The Morgan fingerprint density at radius 1 is 1.18 bits per heavy atom. The van der Waals surface area contributed by atoms with E-state index < -0.39 is 0 Å². The van der Waals surface area contributed by atoms with Gasteiger partial charge in [-0.05, 0) is 23.8 Å². The molecule has 0 amide bonds. The second-order valence-electron chi connectivity index (χ2n) is 4.85. The highest BCUT2D eigenvalue weighted by atomic mass is 35.5. The standard InChI is InChI=1S/C18H16ClNO2/c1-21-10-9-13-7-8-15(19)11-16(13)17-12-20-18(22-17)14-5-3-2-4-6-14/h2-12,18,20H,1H3/b10-9+. The van der Waals surface area contributed by atoms with Crippen molar-refractivity contribution in [2.24, 2.45) is 0 Å². The molecule has 4 heteroatoms. The number of methoxy groups -OCH3 is 1. The minimum absolute atomic E-state index is 0.186. The average molecular weight is 314 g/mol. The maximum atomic E-state index is 6.12. The molecule has 112 valence electrons. The lowest BCUT2D eigenvalue weighted by molar-refractivity contribution is 0.174. The predicted octanol–water partition coefficient (Wildman–Crippen LogP) is 4.57. The molecule has 0 aliphatic carbocycles. The van der Waals surface area contributed by atoms with E-state index in [-0.39, 0.29) is 6.23 Å². The van der Waals surface area contributed by atoms with E-state index in [0.29, 0.717) is 5.02 Å². The maximum absolute atomic E-state index is 6.12. The predicted molar refractivity (Wildman–Crippen MR) is 88.9 cm³/mol. The highest BCUT2D eigenvalue weighted by molar-refractivity contribution is 6.30. The minimum Gasteiger partial charge on any atom is -0.504 e. The first-order valence-corrected chi connectivity index (χ1v) is 7.33. The molecule has 22 heavy (non-hydrogen) atoms. The fourth-order valence-electron chi connectivity index (χ4n) is 2.31. The summed E-state index contributed by atoms with van der Waals surface area (Å²) in [6.45, 7) is 0.